The summed E-state index contributed by atoms with van der Waals surface area (Å²) in [5.74, 6) is -0.481. The number of halogens is 2. The number of hydrogen-bond donors (Lipinski definition) is 1. The van der Waals surface area contributed by atoms with Gasteiger partial charge in [-0.3, -0.25) is 9.47 Å². The molecule has 0 bridgehead atoms. The van der Waals surface area contributed by atoms with Crippen LogP contribution in [0.1, 0.15) is 26.3 Å². The zero-order valence-electron chi connectivity index (χ0n) is 23.0. The molecule has 2 heterocycles. The van der Waals surface area contributed by atoms with Gasteiger partial charge >= 0.3 is 5.69 Å². The molecule has 0 saturated carbocycles. The fourth-order valence-electron chi connectivity index (χ4n) is 5.29. The number of aryl methyl sites for hydroxylation is 2. The molecule has 0 aliphatic carbocycles. The summed E-state index contributed by atoms with van der Waals surface area (Å²) in [4.78, 5) is 17.2. The van der Waals surface area contributed by atoms with Crippen LogP contribution in [0, 0.1) is 12.7 Å². The van der Waals surface area contributed by atoms with Gasteiger partial charge in [-0.2, -0.15) is 0 Å². The predicted molar refractivity (Wildman–Crippen MR) is 157 cm³/mol. The lowest BCUT2D eigenvalue weighted by Gasteiger charge is -2.43. The summed E-state index contributed by atoms with van der Waals surface area (Å²) < 4.78 is 17.9. The number of aromatic nitrogens is 2. The van der Waals surface area contributed by atoms with E-state index in [2.05, 4.69) is 36.6 Å². The number of phenolic OH excluding ortho intramolecular Hbond substituents is 1. The van der Waals surface area contributed by atoms with Gasteiger partial charge in [0.15, 0.2) is 0 Å². The number of benzene rings is 3. The lowest BCUT2D eigenvalue weighted by Crippen LogP contribution is -2.53. The Kier molecular flexibility index (Phi) is 7.08. The fourth-order valence-corrected chi connectivity index (χ4v) is 5.56. The molecule has 1 saturated heterocycles. The average Bonchev–Trinajstić information content (AvgIpc) is 3.22. The molecule has 3 aromatic carbocycles. The number of piperazine rings is 1. The highest BCUT2D eigenvalue weighted by atomic mass is 35.5. The third-order valence-electron chi connectivity index (χ3n) is 7.51. The molecule has 0 radical (unpaired) electrons. The molecule has 0 unspecified atom stereocenters. The van der Waals surface area contributed by atoms with Crippen LogP contribution in [0.15, 0.2) is 65.7 Å². The molecule has 0 spiro atoms. The fraction of sp³-hybridized carbons (Fsp3) is 0.323. The summed E-state index contributed by atoms with van der Waals surface area (Å²) in [7, 11) is 1.66. The second kappa shape index (κ2) is 10.2. The van der Waals surface area contributed by atoms with E-state index in [-0.39, 0.29) is 17.0 Å². The van der Waals surface area contributed by atoms with Crippen LogP contribution in [0.3, 0.4) is 0 Å². The minimum atomic E-state index is -0.459. The highest BCUT2D eigenvalue weighted by molar-refractivity contribution is 6.32. The molecular formula is C31H34ClFN4O2. The van der Waals surface area contributed by atoms with Crippen molar-refractivity contribution in [3.05, 3.63) is 87.8 Å². The van der Waals surface area contributed by atoms with Gasteiger partial charge < -0.3 is 14.6 Å². The molecule has 0 atom stereocenters. The van der Waals surface area contributed by atoms with Crippen LogP contribution in [-0.2, 0) is 7.05 Å². The lowest BCUT2D eigenvalue weighted by atomic mass is 9.95. The number of imidazole rings is 1. The maximum absolute atomic E-state index is 15.0. The van der Waals surface area contributed by atoms with Gasteiger partial charge in [-0.1, -0.05) is 23.7 Å². The van der Waals surface area contributed by atoms with Crippen LogP contribution in [0.4, 0.5) is 10.1 Å². The summed E-state index contributed by atoms with van der Waals surface area (Å²) in [6.45, 7) is 12.5. The topological polar surface area (TPSA) is 53.6 Å². The summed E-state index contributed by atoms with van der Waals surface area (Å²) in [5.41, 5.74) is 4.57. The first-order valence-electron chi connectivity index (χ1n) is 13.1. The third kappa shape index (κ3) is 5.34. The molecule has 6 nitrogen and oxygen atoms in total. The molecule has 1 N–H and O–H groups in total. The van der Waals surface area contributed by atoms with Crippen molar-refractivity contribution in [3.63, 3.8) is 0 Å². The van der Waals surface area contributed by atoms with Crippen molar-refractivity contribution in [1.82, 2.24) is 14.0 Å². The van der Waals surface area contributed by atoms with Crippen molar-refractivity contribution >= 4 is 17.3 Å². The zero-order valence-corrected chi connectivity index (χ0v) is 23.8. The van der Waals surface area contributed by atoms with Crippen LogP contribution < -0.4 is 10.6 Å². The van der Waals surface area contributed by atoms with E-state index < -0.39 is 5.82 Å². The Bertz CT molecular complexity index is 1590. The molecule has 1 aliphatic rings. The molecule has 4 aromatic rings. The molecule has 1 fully saturated rings. The van der Waals surface area contributed by atoms with E-state index >= 15 is 0 Å². The molecule has 1 aromatic heterocycles. The Labute approximate surface area is 233 Å². The monoisotopic (exact) mass is 548 g/mol. The van der Waals surface area contributed by atoms with Gasteiger partial charge in [0.1, 0.15) is 11.6 Å². The van der Waals surface area contributed by atoms with Crippen molar-refractivity contribution < 1.29 is 9.50 Å². The SMILES string of the molecule is Cc1cc(-c2cc(F)cc(-c3ccc(-n4ccn(C)c4=O)c(Cl)c3)c2O)cc(N2CCN(C(C)(C)C)CC2)c1. The van der Waals surface area contributed by atoms with Crippen LogP contribution in [0.5, 0.6) is 5.75 Å². The molecule has 5 rings (SSSR count). The van der Waals surface area contributed by atoms with Crippen LogP contribution in [0.2, 0.25) is 5.02 Å². The van der Waals surface area contributed by atoms with Gasteiger partial charge in [0.05, 0.1) is 10.7 Å². The predicted octanol–water partition coefficient (Wildman–Crippen LogP) is 6.24. The minimum Gasteiger partial charge on any atom is -0.507 e. The maximum atomic E-state index is 15.0. The van der Waals surface area contributed by atoms with Gasteiger partial charge in [-0.05, 0) is 80.8 Å². The summed E-state index contributed by atoms with van der Waals surface area (Å²) in [6.07, 6.45) is 3.29. The van der Waals surface area contributed by atoms with Gasteiger partial charge in [0.2, 0.25) is 0 Å². The second-order valence-electron chi connectivity index (χ2n) is 11.3. The molecule has 1 aliphatic heterocycles. The second-order valence-corrected chi connectivity index (χ2v) is 11.7. The van der Waals surface area contributed by atoms with E-state index in [4.69, 9.17) is 11.6 Å². The number of anilines is 1. The minimum absolute atomic E-state index is 0.0220. The van der Waals surface area contributed by atoms with Crippen LogP contribution >= 0.6 is 11.6 Å². The standard InChI is InChI=1S/C31H34ClFN4O2/c1-20-14-22(16-24(15-20)35-9-11-36(12-10-35)31(2,3)4)26-19-23(33)18-25(29(26)38)21-6-7-28(27(32)17-21)37-13-8-34(5)30(37)39/h6-8,13-19,38H,9-12H2,1-5H3. The number of rotatable bonds is 4. The summed E-state index contributed by atoms with van der Waals surface area (Å²) in [6, 6.07) is 13.9. The lowest BCUT2D eigenvalue weighted by molar-refractivity contribution is 0.128. The molecule has 8 heteroatoms. The van der Waals surface area contributed by atoms with E-state index in [0.717, 1.165) is 43.0 Å². The molecule has 204 valence electrons. The van der Waals surface area contributed by atoms with E-state index in [1.807, 2.05) is 19.1 Å². The number of nitrogens with zero attached hydrogens (tertiary/aromatic N) is 4. The molecular weight excluding hydrogens is 515 g/mol. The first kappa shape index (κ1) is 27.0. The van der Waals surface area contributed by atoms with Crippen molar-refractivity contribution in [2.24, 2.45) is 7.05 Å². The number of hydrogen-bond acceptors (Lipinski definition) is 4. The van der Waals surface area contributed by atoms with Crippen molar-refractivity contribution in [2.45, 2.75) is 33.2 Å². The van der Waals surface area contributed by atoms with Crippen molar-refractivity contribution in [1.29, 1.82) is 0 Å². The Morgan fingerprint density at radius 1 is 0.897 bits per heavy atom. The van der Waals surface area contributed by atoms with E-state index in [0.29, 0.717) is 27.4 Å². The first-order valence-corrected chi connectivity index (χ1v) is 13.5. The van der Waals surface area contributed by atoms with Crippen LogP contribution in [-0.4, -0.2) is 50.9 Å². The highest BCUT2D eigenvalue weighted by Crippen LogP contribution is 2.41. The summed E-state index contributed by atoms with van der Waals surface area (Å²) >= 11 is 6.56. The van der Waals surface area contributed by atoms with E-state index in [9.17, 15) is 14.3 Å². The van der Waals surface area contributed by atoms with Gasteiger partial charge in [-0.15, -0.1) is 0 Å². The number of aromatic hydroxyl groups is 1. The molecule has 0 amide bonds. The number of phenols is 1. The maximum Gasteiger partial charge on any atom is 0.332 e. The highest BCUT2D eigenvalue weighted by Gasteiger charge is 2.26. The van der Waals surface area contributed by atoms with Crippen molar-refractivity contribution in [3.8, 4) is 33.7 Å². The third-order valence-corrected chi connectivity index (χ3v) is 7.81. The van der Waals surface area contributed by atoms with Gasteiger partial charge in [0.25, 0.3) is 0 Å². The Morgan fingerprint density at radius 2 is 1.56 bits per heavy atom. The Hall–Kier alpha value is -3.55. The van der Waals surface area contributed by atoms with E-state index in [1.165, 1.54) is 21.3 Å². The first-order chi connectivity index (χ1) is 18.4. The van der Waals surface area contributed by atoms with Crippen molar-refractivity contribution in [2.75, 3.05) is 31.1 Å². The van der Waals surface area contributed by atoms with Gasteiger partial charge in [-0.25, -0.2) is 9.18 Å². The summed E-state index contributed by atoms with van der Waals surface area (Å²) in [5, 5.41) is 11.7. The quantitative estimate of drug-likeness (QED) is 0.328. The smallest absolute Gasteiger partial charge is 0.332 e. The van der Waals surface area contributed by atoms with E-state index in [1.54, 1.807) is 37.6 Å². The largest absolute Gasteiger partial charge is 0.507 e. The Balaban J connectivity index is 1.50. The zero-order chi connectivity index (χ0) is 28.1. The van der Waals surface area contributed by atoms with Crippen LogP contribution in [0.25, 0.3) is 27.9 Å². The average molecular weight is 549 g/mol. The Morgan fingerprint density at radius 3 is 2.15 bits per heavy atom. The normalized spacial score (nSPS) is 14.7. The van der Waals surface area contributed by atoms with Gasteiger partial charge in [0, 0.05) is 68.0 Å². The molecule has 39 heavy (non-hydrogen) atoms.